The summed E-state index contributed by atoms with van der Waals surface area (Å²) in [6.07, 6.45) is 2.64. The normalized spacial score (nSPS) is 15.6. The summed E-state index contributed by atoms with van der Waals surface area (Å²) in [5.74, 6) is 0.795. The fourth-order valence-corrected chi connectivity index (χ4v) is 4.86. The molecule has 16 heavy (non-hydrogen) atoms. The molecule has 0 saturated heterocycles. The van der Waals surface area contributed by atoms with Crippen molar-refractivity contribution >= 4 is 69.9 Å². The van der Waals surface area contributed by atoms with Gasteiger partial charge in [-0.25, -0.2) is 4.39 Å². The molecule has 6 heteroatoms. The average molecular weight is 310 g/mol. The zero-order chi connectivity index (χ0) is 11.9. The standard InChI is InChI=1S/C10H15FP4S/c11-6-7(12)5(3-16-4-1-2-4)8(13)10(15)9(6)14/h4H,1-3,12-15H2. The van der Waals surface area contributed by atoms with E-state index >= 15 is 0 Å². The van der Waals surface area contributed by atoms with Crippen LogP contribution in [0, 0.1) is 5.82 Å². The monoisotopic (exact) mass is 310 g/mol. The van der Waals surface area contributed by atoms with E-state index in [-0.39, 0.29) is 5.82 Å². The molecule has 1 saturated carbocycles. The highest BCUT2D eigenvalue weighted by atomic mass is 32.2. The molecule has 0 aromatic heterocycles. The Morgan fingerprint density at radius 1 is 1.00 bits per heavy atom. The molecule has 88 valence electrons. The van der Waals surface area contributed by atoms with E-state index < -0.39 is 0 Å². The smallest absolute Gasteiger partial charge is 0.138 e. The summed E-state index contributed by atoms with van der Waals surface area (Å²) in [7, 11) is 10.4. The van der Waals surface area contributed by atoms with Crippen LogP contribution >= 0.6 is 48.7 Å². The van der Waals surface area contributed by atoms with Crippen LogP contribution in [-0.2, 0) is 5.75 Å². The molecular formula is C10H15FP4S. The lowest BCUT2D eigenvalue weighted by Gasteiger charge is -2.15. The van der Waals surface area contributed by atoms with E-state index in [1.807, 2.05) is 11.8 Å². The third-order valence-electron chi connectivity index (χ3n) is 2.69. The second-order valence-corrected chi connectivity index (χ2v) is 7.56. The Morgan fingerprint density at radius 3 is 2.19 bits per heavy atom. The van der Waals surface area contributed by atoms with Crippen molar-refractivity contribution in [1.29, 1.82) is 0 Å². The van der Waals surface area contributed by atoms with Gasteiger partial charge in [-0.1, -0.05) is 0 Å². The van der Waals surface area contributed by atoms with Gasteiger partial charge in [-0.15, -0.1) is 37.0 Å². The topological polar surface area (TPSA) is 0 Å². The van der Waals surface area contributed by atoms with E-state index in [0.29, 0.717) is 10.6 Å². The Labute approximate surface area is 109 Å². The van der Waals surface area contributed by atoms with Crippen molar-refractivity contribution in [1.82, 2.24) is 0 Å². The van der Waals surface area contributed by atoms with E-state index in [9.17, 15) is 4.39 Å². The Morgan fingerprint density at radius 2 is 1.62 bits per heavy atom. The van der Waals surface area contributed by atoms with Crippen molar-refractivity contribution in [3.63, 3.8) is 0 Å². The third kappa shape index (κ3) is 2.79. The molecule has 0 radical (unpaired) electrons. The number of hydrogen-bond acceptors (Lipinski definition) is 1. The highest BCUT2D eigenvalue weighted by Gasteiger charge is 2.23. The van der Waals surface area contributed by atoms with Crippen LogP contribution in [0.25, 0.3) is 0 Å². The maximum Gasteiger partial charge on any atom is 0.138 e. The Balaban J connectivity index is 2.34. The van der Waals surface area contributed by atoms with Crippen molar-refractivity contribution in [2.45, 2.75) is 23.8 Å². The maximum absolute atomic E-state index is 13.9. The minimum Gasteiger partial charge on any atom is -0.206 e. The summed E-state index contributed by atoms with van der Waals surface area (Å²) in [5, 5.41) is 4.25. The number of hydrogen-bond donors (Lipinski definition) is 0. The van der Waals surface area contributed by atoms with Crippen LogP contribution < -0.4 is 21.2 Å². The van der Waals surface area contributed by atoms with Gasteiger partial charge in [0.05, 0.1) is 0 Å². The molecule has 0 bridgehead atoms. The summed E-state index contributed by atoms with van der Waals surface area (Å²) in [6.45, 7) is 0. The predicted molar refractivity (Wildman–Crippen MR) is 88.1 cm³/mol. The number of halogens is 1. The molecule has 1 aliphatic carbocycles. The highest BCUT2D eigenvalue weighted by Crippen LogP contribution is 2.35. The second kappa shape index (κ2) is 5.47. The fraction of sp³-hybridized carbons (Fsp3) is 0.400. The SMILES string of the molecule is Fc1c(P)c(P)c(P)c(CSC2CC2)c1P. The molecule has 0 spiro atoms. The van der Waals surface area contributed by atoms with Crippen LogP contribution in [0.5, 0.6) is 0 Å². The molecule has 2 rings (SSSR count). The van der Waals surface area contributed by atoms with Gasteiger partial charge in [0, 0.05) is 21.6 Å². The van der Waals surface area contributed by atoms with E-state index in [4.69, 9.17) is 0 Å². The van der Waals surface area contributed by atoms with Gasteiger partial charge in [-0.3, -0.25) is 0 Å². The van der Waals surface area contributed by atoms with E-state index in [1.165, 1.54) is 12.8 Å². The van der Waals surface area contributed by atoms with Crippen LogP contribution in [0.4, 0.5) is 4.39 Å². The number of benzene rings is 1. The molecule has 0 amide bonds. The van der Waals surface area contributed by atoms with E-state index in [1.54, 1.807) is 0 Å². The Kier molecular flexibility index (Phi) is 4.66. The summed E-state index contributed by atoms with van der Waals surface area (Å²) in [4.78, 5) is 0. The summed E-state index contributed by atoms with van der Waals surface area (Å²) in [6, 6.07) is 0. The van der Waals surface area contributed by atoms with Crippen molar-refractivity contribution in [2.75, 3.05) is 0 Å². The Bertz CT molecular complexity index is 402. The molecule has 0 heterocycles. The van der Waals surface area contributed by atoms with Gasteiger partial charge in [-0.2, -0.15) is 11.8 Å². The van der Waals surface area contributed by atoms with Gasteiger partial charge in [0.2, 0.25) is 0 Å². The molecule has 4 unspecified atom stereocenters. The van der Waals surface area contributed by atoms with Gasteiger partial charge in [0.15, 0.2) is 0 Å². The summed E-state index contributed by atoms with van der Waals surface area (Å²) in [5.41, 5.74) is 1.11. The van der Waals surface area contributed by atoms with Gasteiger partial charge in [-0.05, 0) is 29.0 Å². The average Bonchev–Trinajstić information content (AvgIpc) is 3.07. The van der Waals surface area contributed by atoms with E-state index in [0.717, 1.165) is 27.2 Å². The zero-order valence-electron chi connectivity index (χ0n) is 8.79. The molecular weight excluding hydrogens is 295 g/mol. The minimum atomic E-state index is -0.113. The fourth-order valence-electron chi connectivity index (χ4n) is 1.44. The lowest BCUT2D eigenvalue weighted by molar-refractivity contribution is 0.645. The molecule has 4 atom stereocenters. The van der Waals surface area contributed by atoms with Crippen LogP contribution in [0.1, 0.15) is 18.4 Å². The van der Waals surface area contributed by atoms with Crippen LogP contribution in [0.15, 0.2) is 0 Å². The predicted octanol–water partition coefficient (Wildman–Crippen LogP) is 1.22. The van der Waals surface area contributed by atoms with Gasteiger partial charge < -0.3 is 0 Å². The Hall–Kier alpha value is 1.22. The summed E-state index contributed by atoms with van der Waals surface area (Å²) >= 11 is 1.94. The van der Waals surface area contributed by atoms with Gasteiger partial charge >= 0.3 is 0 Å². The largest absolute Gasteiger partial charge is 0.206 e. The molecule has 0 aliphatic heterocycles. The second-order valence-electron chi connectivity index (χ2n) is 3.96. The third-order valence-corrected chi connectivity index (χ3v) is 7.20. The first-order valence-electron chi connectivity index (χ1n) is 5.04. The first-order valence-corrected chi connectivity index (χ1v) is 8.40. The lowest BCUT2D eigenvalue weighted by atomic mass is 10.2. The molecule has 1 fully saturated rings. The lowest BCUT2D eigenvalue weighted by Crippen LogP contribution is -2.35. The van der Waals surface area contributed by atoms with E-state index in [2.05, 4.69) is 37.0 Å². The quantitative estimate of drug-likeness (QED) is 0.757. The minimum absolute atomic E-state index is 0.113. The van der Waals surface area contributed by atoms with Crippen LogP contribution in [0.3, 0.4) is 0 Å². The first-order chi connectivity index (χ1) is 7.52. The number of rotatable bonds is 3. The maximum atomic E-state index is 13.9. The first kappa shape index (κ1) is 13.6. The molecule has 0 N–H and O–H groups in total. The van der Waals surface area contributed by atoms with Crippen LogP contribution in [-0.4, -0.2) is 5.25 Å². The molecule has 1 aromatic carbocycles. The van der Waals surface area contributed by atoms with Gasteiger partial charge in [0.1, 0.15) is 5.82 Å². The molecule has 1 aliphatic rings. The number of thioether (sulfide) groups is 1. The highest BCUT2D eigenvalue weighted by molar-refractivity contribution is 7.99. The van der Waals surface area contributed by atoms with Crippen LogP contribution in [0.2, 0.25) is 0 Å². The van der Waals surface area contributed by atoms with Crippen molar-refractivity contribution < 1.29 is 4.39 Å². The van der Waals surface area contributed by atoms with Crippen molar-refractivity contribution in [2.24, 2.45) is 0 Å². The van der Waals surface area contributed by atoms with Crippen molar-refractivity contribution in [3.8, 4) is 0 Å². The van der Waals surface area contributed by atoms with Crippen molar-refractivity contribution in [3.05, 3.63) is 11.4 Å². The zero-order valence-corrected chi connectivity index (χ0v) is 14.2. The summed E-state index contributed by atoms with van der Waals surface area (Å²) < 4.78 is 13.9. The molecule has 0 nitrogen and oxygen atoms in total. The van der Waals surface area contributed by atoms with Gasteiger partial charge in [0.25, 0.3) is 0 Å². The molecule has 1 aromatic rings.